The fourth-order valence-electron chi connectivity index (χ4n) is 2.57. The van der Waals surface area contributed by atoms with Gasteiger partial charge in [-0.05, 0) is 37.8 Å². The van der Waals surface area contributed by atoms with Gasteiger partial charge < -0.3 is 4.74 Å². The van der Waals surface area contributed by atoms with Crippen molar-refractivity contribution in [2.24, 2.45) is 5.41 Å². The highest BCUT2D eigenvalue weighted by atomic mass is 32.2. The van der Waals surface area contributed by atoms with Gasteiger partial charge in [-0.25, -0.2) is 4.72 Å². The number of para-hydroxylation sites is 1. The van der Waals surface area contributed by atoms with Crippen LogP contribution in [0.5, 0.6) is 5.75 Å². The van der Waals surface area contributed by atoms with Crippen LogP contribution in [0.2, 0.25) is 0 Å². The Morgan fingerprint density at radius 3 is 2.43 bits per heavy atom. The van der Waals surface area contributed by atoms with E-state index >= 15 is 0 Å². The Morgan fingerprint density at radius 2 is 1.81 bits per heavy atom. The van der Waals surface area contributed by atoms with E-state index in [9.17, 15) is 8.42 Å². The standard InChI is InChI=1S/C15H22N2O3S/c18-21(19,17-10-4-5-11-17)16-12-15(8-9-15)13-20-14-6-2-1-3-7-14/h1-3,6-7,16H,4-5,8-13H2. The number of nitrogens with one attached hydrogen (secondary N) is 1. The Morgan fingerprint density at radius 1 is 1.14 bits per heavy atom. The van der Waals surface area contributed by atoms with E-state index in [0.717, 1.165) is 31.4 Å². The zero-order chi connectivity index (χ0) is 14.8. The number of benzene rings is 1. The third-order valence-corrected chi connectivity index (χ3v) is 5.83. The molecule has 0 bridgehead atoms. The minimum absolute atomic E-state index is 0.0252. The van der Waals surface area contributed by atoms with E-state index in [1.54, 1.807) is 4.31 Å². The third-order valence-electron chi connectivity index (χ3n) is 4.28. The molecule has 2 fully saturated rings. The molecule has 6 heteroatoms. The minimum atomic E-state index is -3.31. The van der Waals surface area contributed by atoms with Gasteiger partial charge in [-0.3, -0.25) is 0 Å². The van der Waals surface area contributed by atoms with Gasteiger partial charge in [0.2, 0.25) is 0 Å². The molecule has 1 aliphatic carbocycles. The number of hydrogen-bond donors (Lipinski definition) is 1. The second kappa shape index (κ2) is 5.94. The molecule has 5 nitrogen and oxygen atoms in total. The Hall–Kier alpha value is -1.11. The molecule has 21 heavy (non-hydrogen) atoms. The van der Waals surface area contributed by atoms with Crippen molar-refractivity contribution in [3.05, 3.63) is 30.3 Å². The first kappa shape index (κ1) is 14.8. The lowest BCUT2D eigenvalue weighted by Crippen LogP contribution is -2.42. The molecule has 1 aromatic rings. The van der Waals surface area contributed by atoms with E-state index in [4.69, 9.17) is 4.74 Å². The van der Waals surface area contributed by atoms with E-state index in [0.29, 0.717) is 26.2 Å². The summed E-state index contributed by atoms with van der Waals surface area (Å²) in [4.78, 5) is 0. The summed E-state index contributed by atoms with van der Waals surface area (Å²) < 4.78 is 34.4. The molecule has 0 aromatic heterocycles. The minimum Gasteiger partial charge on any atom is -0.493 e. The maximum atomic E-state index is 12.2. The summed E-state index contributed by atoms with van der Waals surface area (Å²) in [7, 11) is -3.31. The highest BCUT2D eigenvalue weighted by Gasteiger charge is 2.44. The van der Waals surface area contributed by atoms with Crippen LogP contribution in [0, 0.1) is 5.41 Å². The number of hydrogen-bond acceptors (Lipinski definition) is 3. The second-order valence-electron chi connectivity index (χ2n) is 6.03. The first-order valence-electron chi connectivity index (χ1n) is 7.52. The summed E-state index contributed by atoms with van der Waals surface area (Å²) in [6.45, 7) is 2.32. The predicted molar refractivity (Wildman–Crippen MR) is 81.3 cm³/mol. The molecule has 1 N–H and O–H groups in total. The van der Waals surface area contributed by atoms with Crippen molar-refractivity contribution in [1.29, 1.82) is 0 Å². The van der Waals surface area contributed by atoms with E-state index in [1.165, 1.54) is 0 Å². The average Bonchev–Trinajstić information content (AvgIpc) is 3.04. The van der Waals surface area contributed by atoms with Crippen molar-refractivity contribution in [3.63, 3.8) is 0 Å². The van der Waals surface area contributed by atoms with Gasteiger partial charge in [-0.1, -0.05) is 18.2 Å². The third kappa shape index (κ3) is 3.75. The van der Waals surface area contributed by atoms with Gasteiger partial charge in [-0.15, -0.1) is 0 Å². The van der Waals surface area contributed by atoms with Crippen LogP contribution < -0.4 is 9.46 Å². The maximum Gasteiger partial charge on any atom is 0.279 e. The van der Waals surface area contributed by atoms with Crippen molar-refractivity contribution in [2.75, 3.05) is 26.2 Å². The molecule has 1 aromatic carbocycles. The number of rotatable bonds is 7. The summed E-state index contributed by atoms with van der Waals surface area (Å²) in [5.74, 6) is 0.839. The van der Waals surface area contributed by atoms with Crippen LogP contribution in [-0.2, 0) is 10.2 Å². The molecule has 0 atom stereocenters. The van der Waals surface area contributed by atoms with Gasteiger partial charge in [0, 0.05) is 25.0 Å². The molecule has 1 aliphatic heterocycles. The number of nitrogens with zero attached hydrogens (tertiary/aromatic N) is 1. The highest BCUT2D eigenvalue weighted by Crippen LogP contribution is 2.45. The molecule has 1 saturated heterocycles. The van der Waals surface area contributed by atoms with Gasteiger partial charge in [0.25, 0.3) is 10.2 Å². The predicted octanol–water partition coefficient (Wildman–Crippen LogP) is 1.78. The van der Waals surface area contributed by atoms with Crippen molar-refractivity contribution < 1.29 is 13.2 Å². The van der Waals surface area contributed by atoms with Crippen LogP contribution in [0.15, 0.2) is 30.3 Å². The molecule has 116 valence electrons. The Bertz CT molecular complexity index is 564. The van der Waals surface area contributed by atoms with Gasteiger partial charge >= 0.3 is 0 Å². The lowest BCUT2D eigenvalue weighted by molar-refractivity contribution is 0.234. The fraction of sp³-hybridized carbons (Fsp3) is 0.600. The van der Waals surface area contributed by atoms with Crippen LogP contribution in [0.25, 0.3) is 0 Å². The SMILES string of the molecule is O=S(=O)(NCC1(COc2ccccc2)CC1)N1CCCC1. The molecule has 1 heterocycles. The molecule has 0 spiro atoms. The van der Waals surface area contributed by atoms with E-state index < -0.39 is 10.2 Å². The van der Waals surface area contributed by atoms with Gasteiger partial charge in [0.1, 0.15) is 5.75 Å². The summed E-state index contributed by atoms with van der Waals surface area (Å²) in [5, 5.41) is 0. The molecule has 0 unspecified atom stereocenters. The van der Waals surface area contributed by atoms with Crippen LogP contribution in [0.4, 0.5) is 0 Å². The maximum absolute atomic E-state index is 12.2. The van der Waals surface area contributed by atoms with Crippen molar-refractivity contribution in [3.8, 4) is 5.75 Å². The summed E-state index contributed by atoms with van der Waals surface area (Å²) >= 11 is 0. The van der Waals surface area contributed by atoms with Crippen LogP contribution in [0.1, 0.15) is 25.7 Å². The summed E-state index contributed by atoms with van der Waals surface area (Å²) in [6, 6.07) is 9.66. The molecule has 3 rings (SSSR count). The van der Waals surface area contributed by atoms with Crippen molar-refractivity contribution >= 4 is 10.2 Å². The van der Waals surface area contributed by atoms with Crippen LogP contribution in [-0.4, -0.2) is 39.0 Å². The fourth-order valence-corrected chi connectivity index (χ4v) is 3.98. The highest BCUT2D eigenvalue weighted by molar-refractivity contribution is 7.87. The first-order valence-corrected chi connectivity index (χ1v) is 8.96. The smallest absolute Gasteiger partial charge is 0.279 e. The second-order valence-corrected chi connectivity index (χ2v) is 7.79. The quantitative estimate of drug-likeness (QED) is 0.835. The van der Waals surface area contributed by atoms with Gasteiger partial charge in [0.15, 0.2) is 0 Å². The molecule has 0 radical (unpaired) electrons. The lowest BCUT2D eigenvalue weighted by atomic mass is 10.1. The summed E-state index contributed by atoms with van der Waals surface area (Å²) in [5.41, 5.74) is -0.0252. The molecular formula is C15H22N2O3S. The van der Waals surface area contributed by atoms with Crippen molar-refractivity contribution in [2.45, 2.75) is 25.7 Å². The van der Waals surface area contributed by atoms with E-state index in [2.05, 4.69) is 4.72 Å². The topological polar surface area (TPSA) is 58.6 Å². The molecule has 2 aliphatic rings. The summed E-state index contributed by atoms with van der Waals surface area (Å²) in [6.07, 6.45) is 3.96. The van der Waals surface area contributed by atoms with Gasteiger partial charge in [0.05, 0.1) is 6.61 Å². The average molecular weight is 310 g/mol. The van der Waals surface area contributed by atoms with Crippen molar-refractivity contribution in [1.82, 2.24) is 9.03 Å². The molecule has 1 saturated carbocycles. The Labute approximate surface area is 126 Å². The zero-order valence-electron chi connectivity index (χ0n) is 12.1. The monoisotopic (exact) mass is 310 g/mol. The first-order chi connectivity index (χ1) is 10.1. The number of ether oxygens (including phenoxy) is 1. The van der Waals surface area contributed by atoms with E-state index in [-0.39, 0.29) is 5.41 Å². The molecule has 0 amide bonds. The Balaban J connectivity index is 1.50. The molecular weight excluding hydrogens is 288 g/mol. The van der Waals surface area contributed by atoms with Gasteiger partial charge in [-0.2, -0.15) is 12.7 Å². The zero-order valence-corrected chi connectivity index (χ0v) is 12.9. The normalized spacial score (nSPS) is 21.3. The lowest BCUT2D eigenvalue weighted by Gasteiger charge is -2.20. The van der Waals surface area contributed by atoms with E-state index in [1.807, 2.05) is 30.3 Å². The van der Waals surface area contributed by atoms with Crippen LogP contribution >= 0.6 is 0 Å². The largest absolute Gasteiger partial charge is 0.493 e. The Kier molecular flexibility index (Phi) is 4.19. The van der Waals surface area contributed by atoms with Crippen LogP contribution in [0.3, 0.4) is 0 Å².